The second-order valence-electron chi connectivity index (χ2n) is 9.04. The van der Waals surface area contributed by atoms with E-state index >= 15 is 0 Å². The molecule has 1 aromatic carbocycles. The molecule has 2 heterocycles. The number of aromatic nitrogens is 2. The van der Waals surface area contributed by atoms with Crippen molar-refractivity contribution < 1.29 is 20.3 Å². The first-order valence-electron chi connectivity index (χ1n) is 13.0. The van der Waals surface area contributed by atoms with Gasteiger partial charge in [-0.25, -0.2) is 9.46 Å². The van der Waals surface area contributed by atoms with Gasteiger partial charge in [-0.1, -0.05) is 19.5 Å². The molecule has 0 radical (unpaired) electrons. The summed E-state index contributed by atoms with van der Waals surface area (Å²) in [6.07, 6.45) is -0.0586. The normalized spacial score (nSPS) is 21.1. The van der Waals surface area contributed by atoms with E-state index in [0.717, 1.165) is 5.56 Å². The summed E-state index contributed by atoms with van der Waals surface area (Å²) in [6.45, 7) is 10.1. The maximum atomic E-state index is 12.4. The zero-order valence-electron chi connectivity index (χ0n) is 23.6. The molecule has 0 spiro atoms. The number of benzene rings is 1. The Labute approximate surface area is 216 Å². The third kappa shape index (κ3) is 7.10. The predicted octanol–water partition coefficient (Wildman–Crippen LogP) is 3.58. The summed E-state index contributed by atoms with van der Waals surface area (Å²) in [6, 6.07) is 9.51. The summed E-state index contributed by atoms with van der Waals surface area (Å²) >= 11 is 0. The van der Waals surface area contributed by atoms with Crippen molar-refractivity contribution in [2.45, 2.75) is 85.6 Å². The maximum absolute atomic E-state index is 12.4. The quantitative estimate of drug-likeness (QED) is 0.428. The first-order valence-corrected chi connectivity index (χ1v) is 12.7. The fraction of sp³-hybridized carbons (Fsp3) is 0.560. The van der Waals surface area contributed by atoms with Crippen LogP contribution in [0.15, 0.2) is 40.1 Å². The number of nitrogens with zero attached hydrogens (tertiary/aromatic N) is 3. The number of rotatable bonds is 11. The third-order valence-electron chi connectivity index (χ3n) is 5.70. The highest BCUT2D eigenvalue weighted by Gasteiger charge is 2.41. The number of H-pyrrole nitrogens is 1. The standard InChI is InChI=1S/C24H33N4O6P.CH4/c1-15(2)28(16(3)4)35(32-14-19-8-6-18(11-25)7-9-19)34-20-10-22(33-21(20)13-29)27-12-17(5)23(30)26-24(27)31;/h6-9,12,15-16,20-22,29H,10,13-14H2,1-5H3,(H,26,30,31);1H4/t20?,21-,22-,35?;/m1./s1/i29D;1T. The average molecular weight is 524 g/mol. The fourth-order valence-corrected chi connectivity index (χ4v) is 5.75. The van der Waals surface area contributed by atoms with Crippen LogP contribution in [0.3, 0.4) is 0 Å². The largest absolute Gasteiger partial charge is 0.394 e. The molecule has 2 N–H and O–H groups in total. The molecule has 1 aliphatic rings. The van der Waals surface area contributed by atoms with Crippen LogP contribution in [0.5, 0.6) is 0 Å². The van der Waals surface area contributed by atoms with Crippen LogP contribution in [0.1, 0.15) is 65.8 Å². The molecule has 2 aromatic rings. The number of aromatic amines is 1. The van der Waals surface area contributed by atoms with Crippen LogP contribution in [-0.4, -0.2) is 51.7 Å². The summed E-state index contributed by atoms with van der Waals surface area (Å²) in [5.74, 6) is 0. The summed E-state index contributed by atoms with van der Waals surface area (Å²) in [7, 11) is -0.317. The Bertz CT molecular complexity index is 1160. The van der Waals surface area contributed by atoms with Crippen molar-refractivity contribution in [3.8, 4) is 6.07 Å². The van der Waals surface area contributed by atoms with E-state index in [-0.39, 0.29) is 25.3 Å². The smallest absolute Gasteiger partial charge is 0.330 e. The lowest BCUT2D eigenvalue weighted by Gasteiger charge is -2.37. The van der Waals surface area contributed by atoms with Gasteiger partial charge in [0.15, 0.2) is 0 Å². The monoisotopic (exact) mass is 523 g/mol. The average Bonchev–Trinajstić information content (AvgIpc) is 3.28. The van der Waals surface area contributed by atoms with Crippen molar-refractivity contribution in [1.29, 1.82) is 6.69 Å². The molecule has 2 unspecified atom stereocenters. The van der Waals surface area contributed by atoms with E-state index < -0.39 is 38.2 Å². The van der Waals surface area contributed by atoms with Crippen LogP contribution >= 0.6 is 8.53 Å². The van der Waals surface area contributed by atoms with Gasteiger partial charge in [-0.2, -0.15) is 5.26 Å². The van der Waals surface area contributed by atoms with Crippen LogP contribution in [0.4, 0.5) is 0 Å². The first kappa shape index (κ1) is 26.7. The SMILES string of the molecule is [2H]OC[C@H]1O[C@@H](n2cc(C)c(=O)[nH]c2=O)CC1OP(OCc1ccc(C#N)cc1)N(C(C)C)C(C)C.[3H]C. The molecule has 198 valence electrons. The highest BCUT2D eigenvalue weighted by atomic mass is 31.2. The molecule has 0 saturated carbocycles. The second-order valence-corrected chi connectivity index (χ2v) is 10.4. The first-order chi connectivity index (χ1) is 18.1. The van der Waals surface area contributed by atoms with E-state index in [1.807, 2.05) is 12.1 Å². The van der Waals surface area contributed by atoms with E-state index in [0.29, 0.717) is 17.5 Å². The fourth-order valence-electron chi connectivity index (χ4n) is 3.98. The number of nitriles is 1. The zero-order valence-corrected chi connectivity index (χ0v) is 22.5. The summed E-state index contributed by atoms with van der Waals surface area (Å²) in [4.78, 5) is 26.5. The molecule has 3 rings (SSSR count). The number of aryl methyl sites for hydroxylation is 1. The molecule has 1 aromatic heterocycles. The maximum Gasteiger partial charge on any atom is 0.330 e. The van der Waals surface area contributed by atoms with E-state index in [4.69, 9.17) is 21.8 Å². The van der Waals surface area contributed by atoms with Crippen molar-refractivity contribution in [1.82, 2.24) is 14.2 Å². The van der Waals surface area contributed by atoms with Crippen LogP contribution in [0.25, 0.3) is 0 Å². The van der Waals surface area contributed by atoms with Gasteiger partial charge in [-0.15, -0.1) is 0 Å². The Hall–Kier alpha value is -2.38. The van der Waals surface area contributed by atoms with E-state index in [1.165, 1.54) is 18.2 Å². The molecular formula is C25H37N4O6P. The second kappa shape index (κ2) is 13.2. The van der Waals surface area contributed by atoms with Crippen LogP contribution < -0.4 is 11.2 Å². The van der Waals surface area contributed by atoms with Gasteiger partial charge >= 0.3 is 5.69 Å². The molecule has 10 nitrogen and oxygen atoms in total. The van der Waals surface area contributed by atoms with Crippen molar-refractivity contribution in [2.24, 2.45) is 0 Å². The Morgan fingerprint density at radius 2 is 2.03 bits per heavy atom. The zero-order chi connectivity index (χ0) is 28.4. The van der Waals surface area contributed by atoms with Gasteiger partial charge in [-0.05, 0) is 52.3 Å². The van der Waals surface area contributed by atoms with E-state index in [2.05, 4.69) is 48.5 Å². The number of aliphatic hydroxyl groups excluding tert-OH is 1. The van der Waals surface area contributed by atoms with Gasteiger partial charge in [0, 0.05) is 31.6 Å². The highest BCUT2D eigenvalue weighted by molar-refractivity contribution is 7.44. The van der Waals surface area contributed by atoms with Crippen molar-refractivity contribution in [2.75, 3.05) is 6.61 Å². The van der Waals surface area contributed by atoms with Gasteiger partial charge in [-0.3, -0.25) is 14.3 Å². The minimum absolute atomic E-state index is 0.0552. The van der Waals surface area contributed by atoms with E-state index in [9.17, 15) is 9.59 Å². The van der Waals surface area contributed by atoms with Gasteiger partial charge in [0.05, 0.1) is 31.0 Å². The Morgan fingerprint density at radius 3 is 2.61 bits per heavy atom. The predicted molar refractivity (Wildman–Crippen MR) is 138 cm³/mol. The minimum atomic E-state index is -1.57. The lowest BCUT2D eigenvalue weighted by Crippen LogP contribution is -2.36. The van der Waals surface area contributed by atoms with Gasteiger partial charge in [0.1, 0.15) is 12.3 Å². The Morgan fingerprint density at radius 1 is 1.36 bits per heavy atom. The van der Waals surface area contributed by atoms with Crippen LogP contribution in [0, 0.1) is 18.3 Å². The highest BCUT2D eigenvalue weighted by Crippen LogP contribution is 2.50. The summed E-state index contributed by atoms with van der Waals surface area (Å²) < 4.78 is 35.3. The van der Waals surface area contributed by atoms with E-state index in [1.54, 1.807) is 19.1 Å². The topological polar surface area (TPSA) is 130 Å². The van der Waals surface area contributed by atoms with Gasteiger partial charge in [0.25, 0.3) is 14.1 Å². The molecular weight excluding hydrogens is 483 g/mol. The molecule has 0 aliphatic carbocycles. The molecule has 1 aliphatic heterocycles. The Kier molecular flexibility index (Phi) is 9.82. The number of hydrogen-bond acceptors (Lipinski definition) is 8. The van der Waals surface area contributed by atoms with Gasteiger partial charge in [0.2, 0.25) is 1.43 Å². The lowest BCUT2D eigenvalue weighted by molar-refractivity contribution is -0.0441. The number of hydrogen-bond donors (Lipinski definition) is 2. The molecule has 4 atom stereocenters. The molecule has 11 heteroatoms. The third-order valence-corrected chi connectivity index (χ3v) is 7.80. The number of nitrogens with one attached hydrogen (secondary N) is 1. The molecule has 0 amide bonds. The van der Waals surface area contributed by atoms with Gasteiger partial charge < -0.3 is 18.9 Å². The molecule has 36 heavy (non-hydrogen) atoms. The van der Waals surface area contributed by atoms with Crippen LogP contribution in [-0.2, 0) is 20.4 Å². The minimum Gasteiger partial charge on any atom is -0.394 e. The molecule has 1 saturated heterocycles. The Balaban J connectivity index is 0.00000247. The number of aliphatic hydroxyl groups is 1. The van der Waals surface area contributed by atoms with Crippen molar-refractivity contribution in [3.63, 3.8) is 0 Å². The van der Waals surface area contributed by atoms with Crippen LogP contribution in [0.2, 0.25) is 0 Å². The van der Waals surface area contributed by atoms with Crippen molar-refractivity contribution >= 4 is 8.53 Å². The molecule has 1 fully saturated rings. The van der Waals surface area contributed by atoms with Crippen molar-refractivity contribution in [3.05, 3.63) is 68.0 Å². The summed E-state index contributed by atoms with van der Waals surface area (Å²) in [5, 5.41) is 13.7. The number of ether oxygens (including phenoxy) is 1. The lowest BCUT2D eigenvalue weighted by atomic mass is 10.2. The molecule has 0 bridgehead atoms. The summed E-state index contributed by atoms with van der Waals surface area (Å²) in [5.41, 5.74) is 0.835.